The number of ether oxygens (including phenoxy) is 1. The Hall–Kier alpha value is -2.74. The maximum atomic E-state index is 12.4. The first-order valence-electron chi connectivity index (χ1n) is 11.3. The van der Waals surface area contributed by atoms with E-state index in [1.54, 1.807) is 12.1 Å². The summed E-state index contributed by atoms with van der Waals surface area (Å²) >= 11 is 0. The lowest BCUT2D eigenvalue weighted by Crippen LogP contribution is -2.41. The molecule has 0 unspecified atom stereocenters. The maximum Gasteiger partial charge on any atom is 0.251 e. The number of fused-ring (bicyclic) bond motifs is 1. The minimum atomic E-state index is -0.659. The molecule has 0 radical (unpaired) electrons. The van der Waals surface area contributed by atoms with Gasteiger partial charge in [0, 0.05) is 37.8 Å². The van der Waals surface area contributed by atoms with Crippen LogP contribution in [0.3, 0.4) is 0 Å². The third kappa shape index (κ3) is 5.94. The van der Waals surface area contributed by atoms with E-state index in [9.17, 15) is 14.7 Å². The lowest BCUT2D eigenvalue weighted by molar-refractivity contribution is -0.134. The van der Waals surface area contributed by atoms with E-state index in [-0.39, 0.29) is 18.4 Å². The molecule has 170 valence electrons. The Morgan fingerprint density at radius 1 is 1.00 bits per heavy atom. The van der Waals surface area contributed by atoms with E-state index in [0.717, 1.165) is 18.4 Å². The smallest absolute Gasteiger partial charge is 0.251 e. The van der Waals surface area contributed by atoms with Crippen molar-refractivity contribution in [2.45, 2.75) is 31.4 Å². The Balaban J connectivity index is 1.17. The van der Waals surface area contributed by atoms with E-state index in [0.29, 0.717) is 50.9 Å². The van der Waals surface area contributed by atoms with Crippen molar-refractivity contribution in [1.82, 2.24) is 15.5 Å². The molecule has 0 aromatic heterocycles. The highest BCUT2D eigenvalue weighted by Crippen LogP contribution is 2.21. The molecule has 1 heterocycles. The van der Waals surface area contributed by atoms with Crippen LogP contribution in [0.25, 0.3) is 0 Å². The number of aliphatic hydroxyl groups excluding tert-OH is 1. The zero-order valence-electron chi connectivity index (χ0n) is 18.3. The number of rotatable bonds is 8. The molecule has 0 spiro atoms. The number of aliphatic hydroxyl groups is 1. The van der Waals surface area contributed by atoms with Crippen molar-refractivity contribution < 1.29 is 19.4 Å². The lowest BCUT2D eigenvalue weighted by Gasteiger charge is -2.26. The molecule has 2 aromatic rings. The van der Waals surface area contributed by atoms with Gasteiger partial charge in [-0.2, -0.15) is 0 Å². The number of benzene rings is 2. The topological polar surface area (TPSA) is 90.9 Å². The number of amides is 2. The fourth-order valence-electron chi connectivity index (χ4n) is 4.26. The molecule has 2 aliphatic rings. The molecule has 2 aromatic carbocycles. The first-order valence-corrected chi connectivity index (χ1v) is 11.3. The minimum absolute atomic E-state index is 0.0754. The van der Waals surface area contributed by atoms with Gasteiger partial charge in [-0.15, -0.1) is 0 Å². The van der Waals surface area contributed by atoms with E-state index in [1.807, 2.05) is 17.0 Å². The zero-order chi connectivity index (χ0) is 22.3. The highest BCUT2D eigenvalue weighted by molar-refractivity contribution is 5.94. The van der Waals surface area contributed by atoms with Gasteiger partial charge in [0.05, 0.1) is 25.7 Å². The van der Waals surface area contributed by atoms with Crippen LogP contribution in [0.5, 0.6) is 0 Å². The van der Waals surface area contributed by atoms with Crippen molar-refractivity contribution >= 4 is 11.8 Å². The number of carbonyl (C=O) groups is 2. The maximum absolute atomic E-state index is 12.4. The summed E-state index contributed by atoms with van der Waals surface area (Å²) in [5, 5.41) is 16.4. The van der Waals surface area contributed by atoms with Gasteiger partial charge in [0.25, 0.3) is 5.91 Å². The summed E-state index contributed by atoms with van der Waals surface area (Å²) in [5.74, 6) is -0.158. The largest absolute Gasteiger partial charge is 0.390 e. The average Bonchev–Trinajstić information content (AvgIpc) is 3.25. The molecule has 1 aliphatic heterocycles. The molecular formula is C25H31N3O4. The molecule has 1 aliphatic carbocycles. The van der Waals surface area contributed by atoms with Crippen LogP contribution in [0.4, 0.5) is 0 Å². The highest BCUT2D eigenvalue weighted by Gasteiger charge is 2.21. The van der Waals surface area contributed by atoms with Gasteiger partial charge in [-0.3, -0.25) is 9.59 Å². The Morgan fingerprint density at radius 3 is 2.31 bits per heavy atom. The van der Waals surface area contributed by atoms with Gasteiger partial charge in [-0.25, -0.2) is 0 Å². The number of hydrogen-bond donors (Lipinski definition) is 3. The average molecular weight is 438 g/mol. The molecule has 0 saturated carbocycles. The van der Waals surface area contributed by atoms with Crippen LogP contribution in [0.15, 0.2) is 48.5 Å². The van der Waals surface area contributed by atoms with Crippen molar-refractivity contribution in [3.8, 4) is 0 Å². The van der Waals surface area contributed by atoms with E-state index in [2.05, 4.69) is 34.9 Å². The van der Waals surface area contributed by atoms with Crippen LogP contribution in [-0.2, 0) is 28.8 Å². The SMILES string of the molecule is O=C(NC[C@@H](O)CNC1Cc2ccccc2C1)c1ccc(CC(=O)N2CCOCC2)cc1. The van der Waals surface area contributed by atoms with Crippen molar-refractivity contribution in [3.05, 3.63) is 70.8 Å². The van der Waals surface area contributed by atoms with Crippen LogP contribution in [-0.4, -0.2) is 73.4 Å². The zero-order valence-corrected chi connectivity index (χ0v) is 18.3. The third-order valence-corrected chi connectivity index (χ3v) is 6.13. The number of nitrogens with one attached hydrogen (secondary N) is 2. The third-order valence-electron chi connectivity index (χ3n) is 6.13. The van der Waals surface area contributed by atoms with Gasteiger partial charge in [0.1, 0.15) is 0 Å². The fraction of sp³-hybridized carbons (Fsp3) is 0.440. The quantitative estimate of drug-likeness (QED) is 0.572. The fourth-order valence-corrected chi connectivity index (χ4v) is 4.26. The molecule has 1 saturated heterocycles. The van der Waals surface area contributed by atoms with Crippen molar-refractivity contribution in [2.24, 2.45) is 0 Å². The number of hydrogen-bond acceptors (Lipinski definition) is 5. The molecule has 2 amide bonds. The number of carbonyl (C=O) groups excluding carboxylic acids is 2. The summed E-state index contributed by atoms with van der Waals surface area (Å²) in [5.41, 5.74) is 4.12. The second-order valence-corrected chi connectivity index (χ2v) is 8.51. The Kier molecular flexibility index (Phi) is 7.52. The van der Waals surface area contributed by atoms with Crippen LogP contribution in [0, 0.1) is 0 Å². The van der Waals surface area contributed by atoms with E-state index >= 15 is 0 Å². The van der Waals surface area contributed by atoms with Crippen LogP contribution in [0.1, 0.15) is 27.0 Å². The molecule has 7 heteroatoms. The van der Waals surface area contributed by atoms with Gasteiger partial charge >= 0.3 is 0 Å². The highest BCUT2D eigenvalue weighted by atomic mass is 16.5. The van der Waals surface area contributed by atoms with Gasteiger partial charge in [-0.1, -0.05) is 36.4 Å². The van der Waals surface area contributed by atoms with E-state index in [1.165, 1.54) is 11.1 Å². The summed E-state index contributed by atoms with van der Waals surface area (Å²) in [6.07, 6.45) is 1.59. The predicted octanol–water partition coefficient (Wildman–Crippen LogP) is 0.936. The Bertz CT molecular complexity index is 900. The lowest BCUT2D eigenvalue weighted by atomic mass is 10.1. The standard InChI is InChI=1S/C25H31N3O4/c29-23(16-26-22-14-20-3-1-2-4-21(20)15-22)17-27-25(31)19-7-5-18(6-8-19)13-24(30)28-9-11-32-12-10-28/h1-8,22-23,26,29H,9-17H2,(H,27,31)/t23-/m0/s1. The van der Waals surface area contributed by atoms with E-state index in [4.69, 9.17) is 4.74 Å². The Labute approximate surface area is 188 Å². The van der Waals surface area contributed by atoms with Gasteiger partial charge in [0.2, 0.25) is 5.91 Å². The molecule has 0 bridgehead atoms. The van der Waals surface area contributed by atoms with Gasteiger partial charge < -0.3 is 25.4 Å². The first-order chi connectivity index (χ1) is 15.6. The predicted molar refractivity (Wildman–Crippen MR) is 122 cm³/mol. The Morgan fingerprint density at radius 2 is 1.66 bits per heavy atom. The monoisotopic (exact) mass is 437 g/mol. The minimum Gasteiger partial charge on any atom is -0.390 e. The molecule has 3 N–H and O–H groups in total. The molecule has 4 rings (SSSR count). The second kappa shape index (κ2) is 10.7. The second-order valence-electron chi connectivity index (χ2n) is 8.51. The van der Waals surface area contributed by atoms with Crippen molar-refractivity contribution in [3.63, 3.8) is 0 Å². The van der Waals surface area contributed by atoms with Crippen LogP contribution < -0.4 is 10.6 Å². The van der Waals surface area contributed by atoms with Crippen molar-refractivity contribution in [1.29, 1.82) is 0 Å². The molecular weight excluding hydrogens is 406 g/mol. The van der Waals surface area contributed by atoms with Gasteiger partial charge in [0.15, 0.2) is 0 Å². The van der Waals surface area contributed by atoms with Crippen molar-refractivity contribution in [2.75, 3.05) is 39.4 Å². The van der Waals surface area contributed by atoms with Crippen LogP contribution >= 0.6 is 0 Å². The summed E-state index contributed by atoms with van der Waals surface area (Å²) in [7, 11) is 0. The molecule has 7 nitrogen and oxygen atoms in total. The number of nitrogens with zero attached hydrogens (tertiary/aromatic N) is 1. The molecule has 32 heavy (non-hydrogen) atoms. The first kappa shape index (κ1) is 22.5. The summed E-state index contributed by atoms with van der Waals surface area (Å²) < 4.78 is 5.28. The van der Waals surface area contributed by atoms with Gasteiger partial charge in [-0.05, 0) is 41.7 Å². The molecule has 1 atom stereocenters. The van der Waals surface area contributed by atoms with E-state index < -0.39 is 6.10 Å². The summed E-state index contributed by atoms with van der Waals surface area (Å²) in [6.45, 7) is 3.04. The molecule has 1 fully saturated rings. The summed E-state index contributed by atoms with van der Waals surface area (Å²) in [6, 6.07) is 15.8. The number of morpholine rings is 1. The van der Waals surface area contributed by atoms with Crippen LogP contribution in [0.2, 0.25) is 0 Å². The normalized spacial score (nSPS) is 17.1. The summed E-state index contributed by atoms with van der Waals surface area (Å²) in [4.78, 5) is 26.6.